The van der Waals surface area contributed by atoms with Crippen LogP contribution in [0.5, 0.6) is 0 Å². The maximum atomic E-state index is 2.54. The summed E-state index contributed by atoms with van der Waals surface area (Å²) in [5, 5.41) is 8.29. The van der Waals surface area contributed by atoms with Crippen LogP contribution in [-0.2, 0) is 5.41 Å². The molecule has 0 amide bonds. The SMILES string of the molecule is Cc1ccc(N(c2ccc(-c3ccccc3)cc2)c2cc3c(c4ccccc24)-c2ccc(-n4c5ccc([Si](C)(C)C)cc5c5cc([Si](C)(C)C)ccc54)cc2C3(C)C)cc1. The van der Waals surface area contributed by atoms with Crippen LogP contribution in [0.2, 0.25) is 39.3 Å². The molecule has 4 heteroatoms. The zero-order valence-corrected chi connectivity index (χ0v) is 38.5. The minimum atomic E-state index is -1.53. The Morgan fingerprint density at radius 3 is 1.58 bits per heavy atom. The van der Waals surface area contributed by atoms with Gasteiger partial charge in [0.05, 0.1) is 32.9 Å². The van der Waals surface area contributed by atoms with Gasteiger partial charge in [-0.1, -0.05) is 178 Å². The van der Waals surface area contributed by atoms with Crippen LogP contribution in [0, 0.1) is 6.92 Å². The highest BCUT2D eigenvalue weighted by Crippen LogP contribution is 2.55. The number of fused-ring (bicyclic) bond motifs is 8. The molecule has 1 heterocycles. The molecule has 0 atom stereocenters. The van der Waals surface area contributed by atoms with Crippen molar-refractivity contribution in [1.82, 2.24) is 4.57 Å². The van der Waals surface area contributed by atoms with Crippen molar-refractivity contribution in [1.29, 1.82) is 0 Å². The van der Waals surface area contributed by atoms with Gasteiger partial charge in [0.2, 0.25) is 0 Å². The first kappa shape index (κ1) is 38.3. The molecule has 0 N–H and O–H groups in total. The van der Waals surface area contributed by atoms with E-state index in [2.05, 4.69) is 233 Å². The highest BCUT2D eigenvalue weighted by atomic mass is 28.3. The van der Waals surface area contributed by atoms with Gasteiger partial charge in [-0.3, -0.25) is 0 Å². The fourth-order valence-corrected chi connectivity index (χ4v) is 12.0. The molecule has 1 aromatic heterocycles. The molecule has 0 bridgehead atoms. The lowest BCUT2D eigenvalue weighted by molar-refractivity contribution is 0.660. The van der Waals surface area contributed by atoms with E-state index in [1.807, 2.05) is 0 Å². The highest BCUT2D eigenvalue weighted by molar-refractivity contribution is 6.89. The van der Waals surface area contributed by atoms with Crippen LogP contribution in [0.15, 0.2) is 164 Å². The monoisotopic (exact) mass is 810 g/mol. The second-order valence-electron chi connectivity index (χ2n) is 19.6. The number of rotatable bonds is 7. The molecule has 0 saturated carbocycles. The van der Waals surface area contributed by atoms with E-state index in [9.17, 15) is 0 Å². The molecule has 296 valence electrons. The van der Waals surface area contributed by atoms with E-state index in [-0.39, 0.29) is 5.41 Å². The maximum Gasteiger partial charge on any atom is 0.0776 e. The predicted molar refractivity (Wildman–Crippen MR) is 267 cm³/mol. The van der Waals surface area contributed by atoms with E-state index >= 15 is 0 Å². The Bertz CT molecular complexity index is 3050. The zero-order chi connectivity index (χ0) is 41.7. The summed E-state index contributed by atoms with van der Waals surface area (Å²) < 4.78 is 2.54. The molecule has 0 unspecified atom stereocenters. The summed E-state index contributed by atoms with van der Waals surface area (Å²) in [6.45, 7) is 21.8. The van der Waals surface area contributed by atoms with Gasteiger partial charge in [0.15, 0.2) is 0 Å². The van der Waals surface area contributed by atoms with Gasteiger partial charge in [0, 0.05) is 38.6 Å². The molecule has 0 fully saturated rings. The van der Waals surface area contributed by atoms with Crippen molar-refractivity contribution in [3.63, 3.8) is 0 Å². The minimum absolute atomic E-state index is 0.246. The number of hydrogen-bond donors (Lipinski definition) is 0. The van der Waals surface area contributed by atoms with Crippen LogP contribution in [0.1, 0.15) is 30.5 Å². The molecule has 8 aromatic carbocycles. The van der Waals surface area contributed by atoms with Crippen molar-refractivity contribution in [2.24, 2.45) is 0 Å². The quantitative estimate of drug-likeness (QED) is 0.146. The van der Waals surface area contributed by atoms with Crippen LogP contribution >= 0.6 is 0 Å². The van der Waals surface area contributed by atoms with E-state index < -0.39 is 16.1 Å². The van der Waals surface area contributed by atoms with Gasteiger partial charge in [-0.05, 0) is 100 Å². The number of anilines is 3. The standard InChI is InChI=1S/C56H54N2Si2/c1-37-19-23-40(24-20-37)57(41-25-21-39(22-26-41)38-15-11-10-12-16-38)54-36-51-55(46-18-14-13-17-45(46)54)47-30-27-42(33-50(47)56(51,2)3)58-52-31-28-43(59(4,5)6)34-48(52)49-35-44(60(7,8)9)29-32-53(49)58/h10-36H,1-9H3. The Kier molecular flexibility index (Phi) is 8.80. The third-order valence-corrected chi connectivity index (χ3v) is 17.2. The largest absolute Gasteiger partial charge is 0.310 e. The topological polar surface area (TPSA) is 8.17 Å². The molecule has 2 nitrogen and oxygen atoms in total. The predicted octanol–water partition coefficient (Wildman–Crippen LogP) is 14.8. The highest BCUT2D eigenvalue weighted by Gasteiger charge is 2.38. The van der Waals surface area contributed by atoms with E-state index in [0.29, 0.717) is 0 Å². The van der Waals surface area contributed by atoms with Crippen LogP contribution < -0.4 is 15.3 Å². The van der Waals surface area contributed by atoms with Gasteiger partial charge < -0.3 is 9.47 Å². The van der Waals surface area contributed by atoms with Gasteiger partial charge in [-0.2, -0.15) is 0 Å². The Balaban J connectivity index is 1.16. The Hall–Kier alpha value is -5.95. The average Bonchev–Trinajstić information content (AvgIpc) is 3.68. The van der Waals surface area contributed by atoms with Crippen molar-refractivity contribution in [2.75, 3.05) is 4.90 Å². The smallest absolute Gasteiger partial charge is 0.0776 e. The Morgan fingerprint density at radius 1 is 0.467 bits per heavy atom. The fourth-order valence-electron chi connectivity index (χ4n) is 9.66. The van der Waals surface area contributed by atoms with Gasteiger partial charge >= 0.3 is 0 Å². The summed E-state index contributed by atoms with van der Waals surface area (Å²) in [4.78, 5) is 2.46. The van der Waals surface area contributed by atoms with Gasteiger partial charge in [-0.25, -0.2) is 0 Å². The molecule has 0 radical (unpaired) electrons. The molecule has 1 aliphatic rings. The van der Waals surface area contributed by atoms with Crippen molar-refractivity contribution in [2.45, 2.75) is 65.5 Å². The van der Waals surface area contributed by atoms with Gasteiger partial charge in [0.1, 0.15) is 0 Å². The first-order valence-electron chi connectivity index (χ1n) is 21.5. The lowest BCUT2D eigenvalue weighted by Crippen LogP contribution is -2.37. The fraction of sp³-hybridized carbons (Fsp3) is 0.179. The summed E-state index contributed by atoms with van der Waals surface area (Å²) in [7, 11) is -3.06. The first-order valence-corrected chi connectivity index (χ1v) is 28.5. The summed E-state index contributed by atoms with van der Waals surface area (Å²) in [6.07, 6.45) is 0. The molecule has 1 aliphatic carbocycles. The van der Waals surface area contributed by atoms with Gasteiger partial charge in [-0.15, -0.1) is 0 Å². The second-order valence-corrected chi connectivity index (χ2v) is 29.8. The van der Waals surface area contributed by atoms with Crippen molar-refractivity contribution in [3.05, 3.63) is 180 Å². The number of hydrogen-bond acceptors (Lipinski definition) is 1. The molecule has 0 aliphatic heterocycles. The number of nitrogens with zero attached hydrogens (tertiary/aromatic N) is 2. The number of benzene rings is 8. The lowest BCUT2D eigenvalue weighted by Gasteiger charge is -2.30. The van der Waals surface area contributed by atoms with Gasteiger partial charge in [0.25, 0.3) is 0 Å². The minimum Gasteiger partial charge on any atom is -0.310 e. The Morgan fingerprint density at radius 2 is 1.00 bits per heavy atom. The summed E-state index contributed by atoms with van der Waals surface area (Å²) in [6, 6.07) is 62.2. The van der Waals surface area contributed by atoms with Crippen molar-refractivity contribution in [3.8, 4) is 27.9 Å². The maximum absolute atomic E-state index is 2.54. The average molecular weight is 811 g/mol. The second kappa shape index (κ2) is 13.8. The summed E-state index contributed by atoms with van der Waals surface area (Å²) >= 11 is 0. The number of aryl methyl sites for hydroxylation is 1. The normalized spacial score (nSPS) is 13.6. The van der Waals surface area contributed by atoms with Crippen molar-refractivity contribution >= 4 is 76.2 Å². The van der Waals surface area contributed by atoms with E-state index in [1.54, 1.807) is 0 Å². The molecule has 10 rings (SSSR count). The molecule has 0 saturated heterocycles. The molecule has 9 aromatic rings. The summed E-state index contributed by atoms with van der Waals surface area (Å²) in [5.74, 6) is 0. The van der Waals surface area contributed by atoms with Crippen LogP contribution in [-0.4, -0.2) is 20.7 Å². The van der Waals surface area contributed by atoms with E-state index in [0.717, 1.165) is 11.4 Å². The Labute approximate surface area is 357 Å². The molecular formula is C56H54N2Si2. The van der Waals surface area contributed by atoms with Crippen LogP contribution in [0.3, 0.4) is 0 Å². The molecule has 0 spiro atoms. The van der Waals surface area contributed by atoms with Crippen molar-refractivity contribution < 1.29 is 0 Å². The lowest BCUT2D eigenvalue weighted by atomic mass is 9.81. The summed E-state index contributed by atoms with van der Waals surface area (Å²) in [5.41, 5.74) is 16.1. The van der Waals surface area contributed by atoms with Crippen LogP contribution in [0.25, 0.3) is 60.5 Å². The first-order chi connectivity index (χ1) is 28.7. The molecular weight excluding hydrogens is 757 g/mol. The van der Waals surface area contributed by atoms with E-state index in [4.69, 9.17) is 0 Å². The third-order valence-electron chi connectivity index (χ3n) is 13.2. The third kappa shape index (κ3) is 6.19. The zero-order valence-electron chi connectivity index (χ0n) is 36.5. The van der Waals surface area contributed by atoms with E-state index in [1.165, 1.54) is 93.3 Å². The molecule has 60 heavy (non-hydrogen) atoms. The van der Waals surface area contributed by atoms with Crippen LogP contribution in [0.4, 0.5) is 17.1 Å². The number of aromatic nitrogens is 1.